The van der Waals surface area contributed by atoms with Crippen LogP contribution in [-0.4, -0.2) is 30.5 Å². The van der Waals surface area contributed by atoms with E-state index < -0.39 is 12.0 Å². The minimum absolute atomic E-state index is 0.370. The zero-order valence-corrected chi connectivity index (χ0v) is 10.4. The topological polar surface area (TPSA) is 125 Å². The molecule has 6 nitrogen and oxygen atoms in total. The lowest BCUT2D eigenvalue weighted by Crippen LogP contribution is -2.32. The highest BCUT2D eigenvalue weighted by Crippen LogP contribution is 2.06. The second-order valence-electron chi connectivity index (χ2n) is 3.66. The molecule has 18 heavy (non-hydrogen) atoms. The molecule has 0 aromatic heterocycles. The predicted molar refractivity (Wildman–Crippen MR) is 71.5 cm³/mol. The zero-order valence-electron chi connectivity index (χ0n) is 10.4. The number of hydrogen-bond donors (Lipinski definition) is 5. The third-order valence-corrected chi connectivity index (χ3v) is 2.18. The quantitative estimate of drug-likeness (QED) is 0.370. The Balaban J connectivity index is 0.000000873. The van der Waals surface area contributed by atoms with Gasteiger partial charge in [-0.1, -0.05) is 24.3 Å². The van der Waals surface area contributed by atoms with Gasteiger partial charge in [0.2, 0.25) is 0 Å². The molecule has 1 atom stereocenters. The molecule has 0 aliphatic carbocycles. The molecule has 0 aliphatic rings. The van der Waals surface area contributed by atoms with Crippen molar-refractivity contribution in [1.29, 1.82) is 5.41 Å². The van der Waals surface area contributed by atoms with E-state index in [1.807, 2.05) is 31.3 Å². The van der Waals surface area contributed by atoms with E-state index >= 15 is 0 Å². The van der Waals surface area contributed by atoms with Crippen molar-refractivity contribution >= 4 is 12.3 Å². The van der Waals surface area contributed by atoms with Crippen LogP contribution in [0.15, 0.2) is 24.3 Å². The van der Waals surface area contributed by atoms with Crippen molar-refractivity contribution in [3.05, 3.63) is 35.4 Å². The predicted octanol–water partition coefficient (Wildman–Crippen LogP) is -0.0874. The van der Waals surface area contributed by atoms with Gasteiger partial charge in [0, 0.05) is 6.54 Å². The van der Waals surface area contributed by atoms with E-state index in [4.69, 9.17) is 16.2 Å². The summed E-state index contributed by atoms with van der Waals surface area (Å²) in [6.07, 6.45) is 1.12. The standard InChI is InChI=1S/C11H16N2O2.CH4N2/c1-13-7-9-4-2-8(3-5-9)6-10(12)11(14)15;2-1-3/h2-5,10,13H,6-7,12H2,1H3,(H,14,15);1H,(H3,2,3). The maximum Gasteiger partial charge on any atom is 0.320 e. The van der Waals surface area contributed by atoms with Crippen LogP contribution in [0.4, 0.5) is 0 Å². The number of carboxylic acid groups (broad SMARTS) is 1. The third-order valence-electron chi connectivity index (χ3n) is 2.18. The first-order chi connectivity index (χ1) is 8.54. The lowest BCUT2D eigenvalue weighted by atomic mass is 10.0. The van der Waals surface area contributed by atoms with E-state index in [9.17, 15) is 4.79 Å². The molecule has 0 saturated heterocycles. The molecule has 1 aromatic carbocycles. The van der Waals surface area contributed by atoms with Gasteiger partial charge in [-0.2, -0.15) is 0 Å². The van der Waals surface area contributed by atoms with Gasteiger partial charge < -0.3 is 21.9 Å². The van der Waals surface area contributed by atoms with Crippen molar-refractivity contribution in [2.24, 2.45) is 11.5 Å². The Labute approximate surface area is 106 Å². The Morgan fingerprint density at radius 2 is 1.89 bits per heavy atom. The smallest absolute Gasteiger partial charge is 0.320 e. The van der Waals surface area contributed by atoms with Gasteiger partial charge in [0.15, 0.2) is 0 Å². The van der Waals surface area contributed by atoms with Crippen molar-refractivity contribution in [2.75, 3.05) is 7.05 Å². The number of benzene rings is 1. The Morgan fingerprint density at radius 1 is 1.44 bits per heavy atom. The van der Waals surface area contributed by atoms with E-state index in [-0.39, 0.29) is 0 Å². The fraction of sp³-hybridized carbons (Fsp3) is 0.333. The minimum atomic E-state index is -0.964. The maximum absolute atomic E-state index is 10.5. The lowest BCUT2D eigenvalue weighted by Gasteiger charge is -2.07. The first kappa shape index (κ1) is 16.1. The van der Waals surface area contributed by atoms with Crippen LogP contribution in [0.25, 0.3) is 0 Å². The van der Waals surface area contributed by atoms with Gasteiger partial charge in [0.05, 0.1) is 6.34 Å². The van der Waals surface area contributed by atoms with Crippen molar-refractivity contribution in [1.82, 2.24) is 5.32 Å². The summed E-state index contributed by atoms with van der Waals surface area (Å²) >= 11 is 0. The van der Waals surface area contributed by atoms with Crippen LogP contribution in [0.3, 0.4) is 0 Å². The van der Waals surface area contributed by atoms with E-state index in [0.29, 0.717) is 6.42 Å². The molecule has 100 valence electrons. The molecule has 1 rings (SSSR count). The van der Waals surface area contributed by atoms with E-state index in [1.54, 1.807) is 0 Å². The maximum atomic E-state index is 10.5. The van der Waals surface area contributed by atoms with E-state index in [2.05, 4.69) is 11.1 Å². The molecule has 1 aromatic rings. The second-order valence-corrected chi connectivity index (χ2v) is 3.66. The van der Waals surface area contributed by atoms with Crippen LogP contribution in [0.5, 0.6) is 0 Å². The van der Waals surface area contributed by atoms with Crippen LogP contribution in [0, 0.1) is 5.41 Å². The summed E-state index contributed by atoms with van der Waals surface area (Å²) in [5.41, 5.74) is 11.9. The van der Waals surface area contributed by atoms with Gasteiger partial charge in [-0.3, -0.25) is 10.2 Å². The largest absolute Gasteiger partial charge is 0.480 e. The zero-order chi connectivity index (χ0) is 14.0. The average molecular weight is 252 g/mol. The monoisotopic (exact) mass is 252 g/mol. The average Bonchev–Trinajstić information content (AvgIpc) is 2.33. The molecule has 0 heterocycles. The van der Waals surface area contributed by atoms with Crippen LogP contribution < -0.4 is 16.8 Å². The Bertz CT molecular complexity index is 365. The molecule has 1 unspecified atom stereocenters. The van der Waals surface area contributed by atoms with Crippen molar-refractivity contribution in [3.63, 3.8) is 0 Å². The number of nitrogens with one attached hydrogen (secondary N) is 2. The van der Waals surface area contributed by atoms with Gasteiger partial charge in [-0.05, 0) is 24.6 Å². The molecular weight excluding hydrogens is 232 g/mol. The molecule has 0 fully saturated rings. The summed E-state index contributed by atoms with van der Waals surface area (Å²) in [4.78, 5) is 10.5. The van der Waals surface area contributed by atoms with Gasteiger partial charge in [-0.25, -0.2) is 0 Å². The number of carbonyl (C=O) groups is 1. The molecule has 0 amide bonds. The molecule has 6 heteroatoms. The third kappa shape index (κ3) is 6.62. The van der Waals surface area contributed by atoms with E-state index in [0.717, 1.165) is 18.4 Å². The number of nitrogens with two attached hydrogens (primary N) is 2. The number of aliphatic carboxylic acids is 1. The number of hydrogen-bond acceptors (Lipinski definition) is 4. The Hall–Kier alpha value is -1.92. The van der Waals surface area contributed by atoms with Crippen LogP contribution >= 0.6 is 0 Å². The molecule has 0 aliphatic heterocycles. The van der Waals surface area contributed by atoms with Crippen LogP contribution in [0.1, 0.15) is 11.1 Å². The summed E-state index contributed by atoms with van der Waals surface area (Å²) < 4.78 is 0. The summed E-state index contributed by atoms with van der Waals surface area (Å²) in [6.45, 7) is 0.811. The molecular formula is C12H20N4O2. The normalized spacial score (nSPS) is 11.0. The van der Waals surface area contributed by atoms with Crippen molar-refractivity contribution in [3.8, 4) is 0 Å². The van der Waals surface area contributed by atoms with Gasteiger partial charge in [0.1, 0.15) is 6.04 Å². The number of carboxylic acids is 1. The molecule has 7 N–H and O–H groups in total. The molecule has 0 saturated carbocycles. The second kappa shape index (κ2) is 9.15. The molecule has 0 bridgehead atoms. The van der Waals surface area contributed by atoms with Gasteiger partial charge in [-0.15, -0.1) is 0 Å². The molecule has 0 radical (unpaired) electrons. The summed E-state index contributed by atoms with van der Waals surface area (Å²) in [6, 6.07) is 6.95. The summed E-state index contributed by atoms with van der Waals surface area (Å²) in [5, 5.41) is 17.6. The summed E-state index contributed by atoms with van der Waals surface area (Å²) in [5.74, 6) is -0.964. The first-order valence-electron chi connectivity index (χ1n) is 5.46. The number of rotatable bonds is 5. The van der Waals surface area contributed by atoms with Gasteiger partial charge in [0.25, 0.3) is 0 Å². The van der Waals surface area contributed by atoms with Crippen LogP contribution in [-0.2, 0) is 17.8 Å². The highest BCUT2D eigenvalue weighted by atomic mass is 16.4. The SMILES string of the molecule is CNCc1ccc(CC(N)C(=O)O)cc1.N=CN. The molecule has 0 spiro atoms. The highest BCUT2D eigenvalue weighted by Gasteiger charge is 2.11. The Kier molecular flexibility index (Phi) is 8.17. The minimum Gasteiger partial charge on any atom is -0.480 e. The van der Waals surface area contributed by atoms with E-state index in [1.165, 1.54) is 5.56 Å². The van der Waals surface area contributed by atoms with Gasteiger partial charge >= 0.3 is 5.97 Å². The lowest BCUT2D eigenvalue weighted by molar-refractivity contribution is -0.138. The first-order valence-corrected chi connectivity index (χ1v) is 5.46. The fourth-order valence-electron chi connectivity index (χ4n) is 1.34. The fourth-order valence-corrected chi connectivity index (χ4v) is 1.34. The van der Waals surface area contributed by atoms with Crippen molar-refractivity contribution in [2.45, 2.75) is 19.0 Å². The van der Waals surface area contributed by atoms with Crippen molar-refractivity contribution < 1.29 is 9.90 Å². The Morgan fingerprint density at radius 3 is 2.28 bits per heavy atom. The van der Waals surface area contributed by atoms with Crippen LogP contribution in [0.2, 0.25) is 0 Å². The summed E-state index contributed by atoms with van der Waals surface area (Å²) in [7, 11) is 1.88. The highest BCUT2D eigenvalue weighted by molar-refractivity contribution is 5.73.